The number of hydrogen-bond acceptors (Lipinski definition) is 3. The summed E-state index contributed by atoms with van der Waals surface area (Å²) in [7, 11) is 0. The molecule has 0 bridgehead atoms. The molecule has 0 heterocycles. The molecule has 0 saturated heterocycles. The molecule has 4 nitrogen and oxygen atoms in total. The van der Waals surface area contributed by atoms with Crippen molar-refractivity contribution in [2.24, 2.45) is 0 Å². The minimum atomic E-state index is -0.337. The highest BCUT2D eigenvalue weighted by Gasteiger charge is 2.15. The van der Waals surface area contributed by atoms with Crippen LogP contribution in [-0.2, 0) is 0 Å². The van der Waals surface area contributed by atoms with Crippen LogP contribution < -0.4 is 5.32 Å². The van der Waals surface area contributed by atoms with E-state index in [0.29, 0.717) is 6.04 Å². The maximum absolute atomic E-state index is 10.8. The topological polar surface area (TPSA) is 55.2 Å². The van der Waals surface area contributed by atoms with Gasteiger partial charge in [-0.05, 0) is 25.3 Å². The molecule has 1 rings (SSSR count). The molecule has 2 atom stereocenters. The molecule has 0 saturated carbocycles. The molecule has 19 heavy (non-hydrogen) atoms. The summed E-state index contributed by atoms with van der Waals surface area (Å²) < 4.78 is 0. The first kappa shape index (κ1) is 15.6. The van der Waals surface area contributed by atoms with Gasteiger partial charge in [-0.25, -0.2) is 0 Å². The van der Waals surface area contributed by atoms with E-state index in [9.17, 15) is 10.1 Å². The molecule has 1 aromatic rings. The first-order valence-corrected chi connectivity index (χ1v) is 7.08. The Balaban J connectivity index is 2.73. The molecule has 0 aliphatic rings. The van der Waals surface area contributed by atoms with Crippen LogP contribution in [0.5, 0.6) is 0 Å². The third-order valence-corrected chi connectivity index (χ3v) is 3.37. The van der Waals surface area contributed by atoms with Gasteiger partial charge in [0.25, 0.3) is 5.69 Å². The number of nitro groups is 1. The van der Waals surface area contributed by atoms with E-state index in [-0.39, 0.29) is 16.7 Å². The Morgan fingerprint density at radius 2 is 2.11 bits per heavy atom. The normalized spacial score (nSPS) is 14.1. The van der Waals surface area contributed by atoms with E-state index in [2.05, 4.69) is 26.1 Å². The zero-order chi connectivity index (χ0) is 14.3. The molecule has 106 valence electrons. The lowest BCUT2D eigenvalue weighted by Crippen LogP contribution is -2.30. The maximum atomic E-state index is 10.8. The van der Waals surface area contributed by atoms with E-state index in [4.69, 9.17) is 0 Å². The van der Waals surface area contributed by atoms with Crippen molar-refractivity contribution in [2.45, 2.75) is 58.5 Å². The molecule has 0 aliphatic carbocycles. The van der Waals surface area contributed by atoms with Gasteiger partial charge in [0.2, 0.25) is 0 Å². The molecule has 0 amide bonds. The van der Waals surface area contributed by atoms with Gasteiger partial charge in [-0.15, -0.1) is 0 Å². The van der Waals surface area contributed by atoms with Gasteiger partial charge < -0.3 is 5.32 Å². The van der Waals surface area contributed by atoms with Crippen molar-refractivity contribution in [3.05, 3.63) is 39.9 Å². The highest BCUT2D eigenvalue weighted by Crippen LogP contribution is 2.22. The highest BCUT2D eigenvalue weighted by atomic mass is 16.6. The Labute approximate surface area is 115 Å². The summed E-state index contributed by atoms with van der Waals surface area (Å²) in [6.07, 6.45) is 4.47. The second kappa shape index (κ2) is 7.89. The Morgan fingerprint density at radius 1 is 1.37 bits per heavy atom. The monoisotopic (exact) mass is 264 g/mol. The maximum Gasteiger partial charge on any atom is 0.269 e. The van der Waals surface area contributed by atoms with E-state index < -0.39 is 0 Å². The lowest BCUT2D eigenvalue weighted by Gasteiger charge is -2.22. The van der Waals surface area contributed by atoms with Gasteiger partial charge in [0, 0.05) is 24.2 Å². The van der Waals surface area contributed by atoms with E-state index in [1.54, 1.807) is 12.1 Å². The molecule has 2 unspecified atom stereocenters. The average Bonchev–Trinajstić information content (AvgIpc) is 2.42. The van der Waals surface area contributed by atoms with Gasteiger partial charge >= 0.3 is 0 Å². The van der Waals surface area contributed by atoms with Crippen molar-refractivity contribution in [2.75, 3.05) is 0 Å². The minimum Gasteiger partial charge on any atom is -0.307 e. The average molecular weight is 264 g/mol. The second-order valence-corrected chi connectivity index (χ2v) is 5.02. The summed E-state index contributed by atoms with van der Waals surface area (Å²) in [6, 6.07) is 7.55. The number of nitrogens with zero attached hydrogens (tertiary/aromatic N) is 1. The predicted octanol–water partition coefficient (Wildman–Crippen LogP) is 4.21. The number of rotatable bonds is 8. The molecule has 0 fully saturated rings. The zero-order valence-corrected chi connectivity index (χ0v) is 12.1. The van der Waals surface area contributed by atoms with E-state index in [1.165, 1.54) is 18.9 Å². The third-order valence-electron chi connectivity index (χ3n) is 3.37. The van der Waals surface area contributed by atoms with Crippen LogP contribution >= 0.6 is 0 Å². The summed E-state index contributed by atoms with van der Waals surface area (Å²) in [5.74, 6) is 0. The number of benzene rings is 1. The SMILES string of the molecule is CCCCC(C)NC(CC)c1cccc([N+](=O)[O-])c1. The van der Waals surface area contributed by atoms with Gasteiger partial charge in [-0.3, -0.25) is 10.1 Å². The number of unbranched alkanes of at least 4 members (excludes halogenated alkanes) is 1. The first-order chi connectivity index (χ1) is 9.08. The molecule has 4 heteroatoms. The molecule has 0 aromatic heterocycles. The summed E-state index contributed by atoms with van der Waals surface area (Å²) in [6.45, 7) is 6.46. The van der Waals surface area contributed by atoms with Crippen molar-refractivity contribution in [1.82, 2.24) is 5.32 Å². The molecular weight excluding hydrogens is 240 g/mol. The number of non-ortho nitro benzene ring substituents is 1. The lowest BCUT2D eigenvalue weighted by atomic mass is 10.0. The van der Waals surface area contributed by atoms with E-state index in [0.717, 1.165) is 18.4 Å². The van der Waals surface area contributed by atoms with Crippen molar-refractivity contribution in [3.8, 4) is 0 Å². The van der Waals surface area contributed by atoms with E-state index >= 15 is 0 Å². The van der Waals surface area contributed by atoms with Gasteiger partial charge in [0.15, 0.2) is 0 Å². The number of nitrogens with one attached hydrogen (secondary N) is 1. The molecule has 0 radical (unpaired) electrons. The summed E-state index contributed by atoms with van der Waals surface area (Å²) in [5, 5.41) is 14.4. The summed E-state index contributed by atoms with van der Waals surface area (Å²) >= 11 is 0. The van der Waals surface area contributed by atoms with Crippen LogP contribution in [0.4, 0.5) is 5.69 Å². The Hall–Kier alpha value is -1.42. The fraction of sp³-hybridized carbons (Fsp3) is 0.600. The third kappa shape index (κ3) is 4.99. The van der Waals surface area contributed by atoms with Gasteiger partial charge in [0.1, 0.15) is 0 Å². The lowest BCUT2D eigenvalue weighted by molar-refractivity contribution is -0.384. The second-order valence-electron chi connectivity index (χ2n) is 5.02. The van der Waals surface area contributed by atoms with Crippen LogP contribution in [-0.4, -0.2) is 11.0 Å². The molecule has 1 aromatic carbocycles. The van der Waals surface area contributed by atoms with E-state index in [1.807, 2.05) is 6.07 Å². The van der Waals surface area contributed by atoms with Crippen LogP contribution in [0.15, 0.2) is 24.3 Å². The Morgan fingerprint density at radius 3 is 2.68 bits per heavy atom. The summed E-state index contributed by atoms with van der Waals surface area (Å²) in [5.41, 5.74) is 1.17. The number of nitro benzene ring substituents is 1. The van der Waals surface area contributed by atoms with Crippen LogP contribution in [0.3, 0.4) is 0 Å². The molecule has 0 aliphatic heterocycles. The predicted molar refractivity (Wildman–Crippen MR) is 78.3 cm³/mol. The van der Waals surface area contributed by atoms with Crippen LogP contribution in [0, 0.1) is 10.1 Å². The van der Waals surface area contributed by atoms with Crippen molar-refractivity contribution >= 4 is 5.69 Å². The Kier molecular flexibility index (Phi) is 6.50. The van der Waals surface area contributed by atoms with Gasteiger partial charge in [-0.1, -0.05) is 38.8 Å². The summed E-state index contributed by atoms with van der Waals surface area (Å²) in [4.78, 5) is 10.5. The van der Waals surface area contributed by atoms with Gasteiger partial charge in [0.05, 0.1) is 4.92 Å². The van der Waals surface area contributed by atoms with Crippen LogP contribution in [0.2, 0.25) is 0 Å². The fourth-order valence-electron chi connectivity index (χ4n) is 2.24. The fourth-order valence-corrected chi connectivity index (χ4v) is 2.24. The van der Waals surface area contributed by atoms with Crippen molar-refractivity contribution < 1.29 is 4.92 Å². The molecule has 0 spiro atoms. The smallest absolute Gasteiger partial charge is 0.269 e. The van der Waals surface area contributed by atoms with Crippen LogP contribution in [0.25, 0.3) is 0 Å². The Bertz CT molecular complexity index is 407. The van der Waals surface area contributed by atoms with Crippen molar-refractivity contribution in [3.63, 3.8) is 0 Å². The van der Waals surface area contributed by atoms with Gasteiger partial charge in [-0.2, -0.15) is 0 Å². The highest BCUT2D eigenvalue weighted by molar-refractivity contribution is 5.35. The molecular formula is C15H24N2O2. The molecule has 1 N–H and O–H groups in total. The minimum absolute atomic E-state index is 0.166. The largest absolute Gasteiger partial charge is 0.307 e. The standard InChI is InChI=1S/C15H24N2O2/c1-4-6-8-12(3)16-15(5-2)13-9-7-10-14(11-13)17(18)19/h7,9-12,15-16H,4-6,8H2,1-3H3. The van der Waals surface area contributed by atoms with Crippen LogP contribution in [0.1, 0.15) is 58.1 Å². The first-order valence-electron chi connectivity index (χ1n) is 7.08. The zero-order valence-electron chi connectivity index (χ0n) is 12.1. The van der Waals surface area contributed by atoms with Crippen molar-refractivity contribution in [1.29, 1.82) is 0 Å². The number of hydrogen-bond donors (Lipinski definition) is 1. The quantitative estimate of drug-likeness (QED) is 0.565.